The van der Waals surface area contributed by atoms with E-state index in [0.29, 0.717) is 30.9 Å². The van der Waals surface area contributed by atoms with Gasteiger partial charge in [-0.25, -0.2) is 0 Å². The van der Waals surface area contributed by atoms with E-state index in [1.807, 2.05) is 21.5 Å². The first-order valence-electron chi connectivity index (χ1n) is 18.1. The van der Waals surface area contributed by atoms with Crippen molar-refractivity contribution in [2.75, 3.05) is 0 Å². The third kappa shape index (κ3) is 4.73. The topological polar surface area (TPSA) is 0 Å². The molecule has 0 radical (unpaired) electrons. The molecule has 2 aliphatic carbocycles. The molecule has 0 amide bonds. The molecular weight excluding hydrogens is 636 g/mol. The summed E-state index contributed by atoms with van der Waals surface area (Å²) >= 11 is -3.06. The van der Waals surface area contributed by atoms with Gasteiger partial charge in [0.1, 0.15) is 0 Å². The minimum absolute atomic E-state index is 0.501. The Morgan fingerprint density at radius 2 is 1.00 bits per heavy atom. The second-order valence-corrected chi connectivity index (χ2v) is 32.1. The Kier molecular flexibility index (Phi) is 8.65. The zero-order chi connectivity index (χ0) is 32.7. The first kappa shape index (κ1) is 33.2. The van der Waals surface area contributed by atoms with Gasteiger partial charge in [-0.3, -0.25) is 0 Å². The molecule has 45 heavy (non-hydrogen) atoms. The van der Waals surface area contributed by atoms with E-state index >= 15 is 0 Å². The van der Waals surface area contributed by atoms with Gasteiger partial charge in [-0.2, -0.15) is 0 Å². The number of fused-ring (bicyclic) bond motifs is 8. The molecule has 2 unspecified atom stereocenters. The monoisotopic (exact) mass is 692 g/mol. The van der Waals surface area contributed by atoms with Gasteiger partial charge in [-0.15, -0.1) is 0 Å². The summed E-state index contributed by atoms with van der Waals surface area (Å²) in [4.78, 5) is 0. The van der Waals surface area contributed by atoms with E-state index in [9.17, 15) is 0 Å². The molecule has 1 heterocycles. The molecule has 6 rings (SSSR count). The Morgan fingerprint density at radius 1 is 0.600 bits per heavy atom. The van der Waals surface area contributed by atoms with E-state index < -0.39 is 28.3 Å². The van der Waals surface area contributed by atoms with E-state index in [1.165, 1.54) is 12.8 Å². The SMILES string of the molecule is CCC1=C2c3c(C(C)C)cc(C(C)C)cc3[CH]1[Zr]([CH3])([CH3])[CH]1C(CC)=C(c3c(C(C)C)cc(C(C)C)cc31)[Si]2(C)c1ccccc1. The number of allylic oxidation sites excluding steroid dienone is 2. The van der Waals surface area contributed by atoms with Crippen LogP contribution in [0.5, 0.6) is 0 Å². The van der Waals surface area contributed by atoms with Crippen molar-refractivity contribution in [2.24, 2.45) is 0 Å². The van der Waals surface area contributed by atoms with E-state index in [2.05, 4.69) is 140 Å². The van der Waals surface area contributed by atoms with Gasteiger partial charge in [0.05, 0.1) is 0 Å². The summed E-state index contributed by atoms with van der Waals surface area (Å²) in [5.74, 6) is 2.08. The van der Waals surface area contributed by atoms with E-state index in [1.54, 1.807) is 49.7 Å². The number of hydrogen-bond donors (Lipinski definition) is 0. The van der Waals surface area contributed by atoms with Crippen LogP contribution < -0.4 is 5.19 Å². The van der Waals surface area contributed by atoms with Gasteiger partial charge in [-0.1, -0.05) is 0 Å². The van der Waals surface area contributed by atoms with Crippen LogP contribution in [0.3, 0.4) is 0 Å². The second kappa shape index (κ2) is 11.7. The molecule has 0 fully saturated rings. The van der Waals surface area contributed by atoms with Gasteiger partial charge < -0.3 is 0 Å². The molecule has 4 bridgehead atoms. The van der Waals surface area contributed by atoms with Gasteiger partial charge in [0.2, 0.25) is 0 Å². The number of benzene rings is 3. The Bertz CT molecular complexity index is 1610. The maximum absolute atomic E-state index is 3.06. The molecular formula is C43H58SiZr. The molecule has 0 nitrogen and oxygen atoms in total. The fraction of sp³-hybridized carbons (Fsp3) is 0.488. The van der Waals surface area contributed by atoms with Gasteiger partial charge in [0.15, 0.2) is 0 Å². The Balaban J connectivity index is 1.87. The first-order chi connectivity index (χ1) is 21.2. The molecule has 238 valence electrons. The molecule has 0 N–H and O–H groups in total. The number of hydrogen-bond acceptors (Lipinski definition) is 0. The summed E-state index contributed by atoms with van der Waals surface area (Å²) < 4.78 is 6.97. The van der Waals surface area contributed by atoms with Crippen LogP contribution in [0.1, 0.15) is 158 Å². The molecule has 0 aromatic heterocycles. The van der Waals surface area contributed by atoms with Gasteiger partial charge in [0, 0.05) is 0 Å². The summed E-state index contributed by atoms with van der Waals surface area (Å²) in [5.41, 5.74) is 16.9. The molecule has 0 saturated carbocycles. The van der Waals surface area contributed by atoms with Crippen LogP contribution in [0.15, 0.2) is 65.7 Å². The van der Waals surface area contributed by atoms with E-state index in [-0.39, 0.29) is 0 Å². The zero-order valence-electron chi connectivity index (χ0n) is 30.6. The minimum atomic E-state index is -3.06. The predicted octanol–water partition coefficient (Wildman–Crippen LogP) is 12.6. The normalized spacial score (nSPS) is 23.4. The van der Waals surface area contributed by atoms with Crippen molar-refractivity contribution in [3.05, 3.63) is 110 Å². The molecule has 1 aliphatic heterocycles. The Morgan fingerprint density at radius 3 is 1.33 bits per heavy atom. The summed E-state index contributed by atoms with van der Waals surface area (Å²) in [5, 5.41) is 5.23. The van der Waals surface area contributed by atoms with E-state index in [4.69, 9.17) is 0 Å². The van der Waals surface area contributed by atoms with Crippen molar-refractivity contribution in [2.45, 2.75) is 129 Å². The van der Waals surface area contributed by atoms with Crippen LogP contribution in [-0.2, 0) is 20.3 Å². The fourth-order valence-corrected chi connectivity index (χ4v) is 27.9. The van der Waals surface area contributed by atoms with Crippen molar-refractivity contribution >= 4 is 23.7 Å². The molecule has 2 heteroatoms. The molecule has 3 aromatic rings. The van der Waals surface area contributed by atoms with Gasteiger partial charge in [0.25, 0.3) is 0 Å². The van der Waals surface area contributed by atoms with Crippen molar-refractivity contribution < 1.29 is 20.3 Å². The van der Waals surface area contributed by atoms with Gasteiger partial charge in [-0.05, 0) is 0 Å². The van der Waals surface area contributed by atoms with Crippen LogP contribution in [0.2, 0.25) is 15.8 Å². The van der Waals surface area contributed by atoms with Crippen LogP contribution in [-0.4, -0.2) is 8.07 Å². The predicted molar refractivity (Wildman–Crippen MR) is 199 cm³/mol. The van der Waals surface area contributed by atoms with Crippen LogP contribution in [0.25, 0.3) is 10.4 Å². The standard InChI is InChI=1S/C41H52Si.2CH3.Zr/c1-12-29-19-33-21-31(25(3)4)23-36(27(7)8)38(33)40(29)42(11,35-17-15-14-16-18-35)41-30(13-2)20-34-22-32(26(5)6)24-37(28(9)10)39(34)41;;;/h14-28H,12-13H2,1-11H3;2*1H3;. The van der Waals surface area contributed by atoms with Gasteiger partial charge >= 0.3 is 283 Å². The summed E-state index contributed by atoms with van der Waals surface area (Å²) in [6, 6.07) is 22.6. The third-order valence-electron chi connectivity index (χ3n) is 12.1. The summed E-state index contributed by atoms with van der Waals surface area (Å²) in [7, 11) is -2.45. The van der Waals surface area contributed by atoms with Crippen LogP contribution in [0.4, 0.5) is 0 Å². The summed E-state index contributed by atoms with van der Waals surface area (Å²) in [6.07, 6.45) is 2.34. The molecule has 3 aromatic carbocycles. The maximum atomic E-state index is 2.86. The molecule has 3 aliphatic rings. The number of rotatable bonds is 7. The molecule has 0 saturated heterocycles. The van der Waals surface area contributed by atoms with Crippen molar-refractivity contribution in [1.29, 1.82) is 0 Å². The zero-order valence-corrected chi connectivity index (χ0v) is 34.0. The Hall–Kier alpha value is -1.76. The van der Waals surface area contributed by atoms with Crippen LogP contribution in [0, 0.1) is 0 Å². The molecule has 2 atom stereocenters. The fourth-order valence-electron chi connectivity index (χ4n) is 9.97. The second-order valence-electron chi connectivity index (χ2n) is 16.5. The summed E-state index contributed by atoms with van der Waals surface area (Å²) in [6.45, 7) is 27.2. The van der Waals surface area contributed by atoms with Crippen LogP contribution >= 0.6 is 0 Å². The van der Waals surface area contributed by atoms with E-state index in [0.717, 1.165) is 0 Å². The van der Waals surface area contributed by atoms with Crippen molar-refractivity contribution in [1.82, 2.24) is 0 Å². The Labute approximate surface area is 281 Å². The average Bonchev–Trinajstić information content (AvgIpc) is 3.54. The average molecular weight is 694 g/mol. The quantitative estimate of drug-likeness (QED) is 0.216. The first-order valence-corrected chi connectivity index (χ1v) is 28.4. The molecule has 0 spiro atoms. The van der Waals surface area contributed by atoms with Crippen molar-refractivity contribution in [3.8, 4) is 0 Å². The van der Waals surface area contributed by atoms with Crippen molar-refractivity contribution in [3.63, 3.8) is 0 Å². The third-order valence-corrected chi connectivity index (χ3v) is 27.3.